The number of aryl methyl sites for hydroxylation is 1. The van der Waals surface area contributed by atoms with Crippen LogP contribution in [0.3, 0.4) is 0 Å². The SMILES string of the molecule is O=C(NCCCc1ncc[nH]1)c1c(F)cccc1Cl. The number of carbonyl (C=O) groups excluding carboxylic acids is 1. The Morgan fingerprint density at radius 2 is 2.32 bits per heavy atom. The van der Waals surface area contributed by atoms with Crippen LogP contribution < -0.4 is 5.32 Å². The summed E-state index contributed by atoms with van der Waals surface area (Å²) in [5.74, 6) is -0.253. The van der Waals surface area contributed by atoms with Crippen LogP contribution in [0.2, 0.25) is 5.02 Å². The maximum absolute atomic E-state index is 13.5. The van der Waals surface area contributed by atoms with Gasteiger partial charge < -0.3 is 10.3 Å². The summed E-state index contributed by atoms with van der Waals surface area (Å²) in [6.07, 6.45) is 4.85. The number of carbonyl (C=O) groups is 1. The Kier molecular flexibility index (Phi) is 4.52. The number of amides is 1. The Labute approximate surface area is 115 Å². The molecule has 0 radical (unpaired) electrons. The predicted molar refractivity (Wildman–Crippen MR) is 70.7 cm³/mol. The van der Waals surface area contributed by atoms with Gasteiger partial charge in [-0.15, -0.1) is 0 Å². The number of imidazole rings is 1. The van der Waals surface area contributed by atoms with Crippen molar-refractivity contribution in [2.24, 2.45) is 0 Å². The van der Waals surface area contributed by atoms with E-state index in [4.69, 9.17) is 11.6 Å². The van der Waals surface area contributed by atoms with Gasteiger partial charge in [0.15, 0.2) is 0 Å². The fourth-order valence-corrected chi connectivity index (χ4v) is 1.94. The summed E-state index contributed by atoms with van der Waals surface area (Å²) in [4.78, 5) is 18.8. The van der Waals surface area contributed by atoms with Crippen LogP contribution in [0.4, 0.5) is 4.39 Å². The van der Waals surface area contributed by atoms with Gasteiger partial charge in [-0.25, -0.2) is 9.37 Å². The fraction of sp³-hybridized carbons (Fsp3) is 0.231. The van der Waals surface area contributed by atoms with E-state index in [1.54, 1.807) is 12.4 Å². The Hall–Kier alpha value is -1.88. The average molecular weight is 282 g/mol. The van der Waals surface area contributed by atoms with Crippen LogP contribution >= 0.6 is 11.6 Å². The number of aromatic amines is 1. The highest BCUT2D eigenvalue weighted by Crippen LogP contribution is 2.18. The van der Waals surface area contributed by atoms with Crippen molar-refractivity contribution in [1.82, 2.24) is 15.3 Å². The highest BCUT2D eigenvalue weighted by molar-refractivity contribution is 6.33. The number of nitrogens with one attached hydrogen (secondary N) is 2. The topological polar surface area (TPSA) is 57.8 Å². The van der Waals surface area contributed by atoms with Crippen molar-refractivity contribution in [3.63, 3.8) is 0 Å². The van der Waals surface area contributed by atoms with E-state index in [9.17, 15) is 9.18 Å². The van der Waals surface area contributed by atoms with E-state index in [0.29, 0.717) is 13.0 Å². The van der Waals surface area contributed by atoms with Gasteiger partial charge in [-0.3, -0.25) is 4.79 Å². The van der Waals surface area contributed by atoms with Crippen LogP contribution in [-0.2, 0) is 6.42 Å². The summed E-state index contributed by atoms with van der Waals surface area (Å²) >= 11 is 5.80. The predicted octanol–water partition coefficient (Wildman–Crippen LogP) is 2.56. The van der Waals surface area contributed by atoms with Crippen LogP contribution in [0.15, 0.2) is 30.6 Å². The molecule has 1 aromatic heterocycles. The maximum Gasteiger partial charge on any atom is 0.255 e. The van der Waals surface area contributed by atoms with Crippen molar-refractivity contribution < 1.29 is 9.18 Å². The molecule has 0 fully saturated rings. The van der Waals surface area contributed by atoms with Gasteiger partial charge in [0, 0.05) is 25.4 Å². The number of hydrogen-bond donors (Lipinski definition) is 2. The van der Waals surface area contributed by atoms with Gasteiger partial charge in [0.25, 0.3) is 5.91 Å². The Bertz CT molecular complexity index is 537. The number of H-pyrrole nitrogens is 1. The van der Waals surface area contributed by atoms with E-state index in [1.807, 2.05) is 0 Å². The first-order chi connectivity index (χ1) is 9.18. The van der Waals surface area contributed by atoms with E-state index in [-0.39, 0.29) is 10.6 Å². The minimum absolute atomic E-state index is 0.109. The number of aromatic nitrogens is 2. The molecule has 4 nitrogen and oxygen atoms in total. The Balaban J connectivity index is 1.84. The molecule has 1 amide bonds. The molecule has 2 aromatic rings. The molecular weight excluding hydrogens is 269 g/mol. The van der Waals surface area contributed by atoms with Crippen molar-refractivity contribution in [3.8, 4) is 0 Å². The molecule has 1 aromatic carbocycles. The molecule has 1 heterocycles. The number of hydrogen-bond acceptors (Lipinski definition) is 2. The second-order valence-corrected chi connectivity index (χ2v) is 4.40. The van der Waals surface area contributed by atoms with Crippen LogP contribution in [0.5, 0.6) is 0 Å². The lowest BCUT2D eigenvalue weighted by atomic mass is 10.2. The van der Waals surface area contributed by atoms with Crippen molar-refractivity contribution in [2.75, 3.05) is 6.54 Å². The zero-order chi connectivity index (χ0) is 13.7. The molecule has 0 bridgehead atoms. The van der Waals surface area contributed by atoms with Crippen LogP contribution in [0, 0.1) is 5.82 Å². The highest BCUT2D eigenvalue weighted by Gasteiger charge is 2.14. The van der Waals surface area contributed by atoms with Gasteiger partial charge in [0.05, 0.1) is 10.6 Å². The zero-order valence-corrected chi connectivity index (χ0v) is 10.9. The molecule has 0 spiro atoms. The number of rotatable bonds is 5. The van der Waals surface area contributed by atoms with Gasteiger partial charge in [-0.05, 0) is 18.6 Å². The maximum atomic E-state index is 13.5. The molecule has 100 valence electrons. The molecule has 6 heteroatoms. The summed E-state index contributed by atoms with van der Waals surface area (Å²) in [7, 11) is 0. The first-order valence-electron chi connectivity index (χ1n) is 5.89. The van der Waals surface area contributed by atoms with Crippen molar-refractivity contribution in [1.29, 1.82) is 0 Å². The van der Waals surface area contributed by atoms with Gasteiger partial charge in [-0.1, -0.05) is 17.7 Å². The second kappa shape index (κ2) is 6.33. The quantitative estimate of drug-likeness (QED) is 0.828. The summed E-state index contributed by atoms with van der Waals surface area (Å²) in [6.45, 7) is 0.435. The first-order valence-corrected chi connectivity index (χ1v) is 6.26. The van der Waals surface area contributed by atoms with Gasteiger partial charge in [0.1, 0.15) is 11.6 Å². The first kappa shape index (κ1) is 13.5. The van der Waals surface area contributed by atoms with Crippen LogP contribution in [-0.4, -0.2) is 22.4 Å². The Morgan fingerprint density at radius 1 is 1.47 bits per heavy atom. The smallest absolute Gasteiger partial charge is 0.255 e. The number of benzene rings is 1. The van der Waals surface area contributed by atoms with E-state index in [1.165, 1.54) is 18.2 Å². The summed E-state index contributed by atoms with van der Waals surface area (Å²) in [5.41, 5.74) is -0.109. The third-order valence-electron chi connectivity index (χ3n) is 2.62. The third kappa shape index (κ3) is 3.54. The molecule has 0 aliphatic carbocycles. The lowest BCUT2D eigenvalue weighted by Gasteiger charge is -2.07. The van der Waals surface area contributed by atoms with Crippen LogP contribution in [0.25, 0.3) is 0 Å². The zero-order valence-electron chi connectivity index (χ0n) is 10.1. The Morgan fingerprint density at radius 3 is 3.00 bits per heavy atom. The minimum Gasteiger partial charge on any atom is -0.352 e. The van der Waals surface area contributed by atoms with E-state index in [0.717, 1.165) is 12.2 Å². The highest BCUT2D eigenvalue weighted by atomic mass is 35.5. The fourth-order valence-electron chi connectivity index (χ4n) is 1.70. The summed E-state index contributed by atoms with van der Waals surface area (Å²) < 4.78 is 13.5. The average Bonchev–Trinajstić information content (AvgIpc) is 2.87. The van der Waals surface area contributed by atoms with Crippen molar-refractivity contribution >= 4 is 17.5 Å². The lowest BCUT2D eigenvalue weighted by molar-refractivity contribution is 0.0949. The third-order valence-corrected chi connectivity index (χ3v) is 2.94. The molecule has 19 heavy (non-hydrogen) atoms. The summed E-state index contributed by atoms with van der Waals surface area (Å²) in [5, 5.41) is 2.75. The molecule has 0 atom stereocenters. The van der Waals surface area contributed by atoms with Crippen molar-refractivity contribution in [3.05, 3.63) is 52.8 Å². The van der Waals surface area contributed by atoms with Gasteiger partial charge >= 0.3 is 0 Å². The number of nitrogens with zero attached hydrogens (tertiary/aromatic N) is 1. The molecule has 0 unspecified atom stereocenters. The molecule has 2 rings (SSSR count). The van der Waals surface area contributed by atoms with E-state index in [2.05, 4.69) is 15.3 Å². The van der Waals surface area contributed by atoms with Crippen LogP contribution in [0.1, 0.15) is 22.6 Å². The molecule has 2 N–H and O–H groups in total. The summed E-state index contributed by atoms with van der Waals surface area (Å²) in [6, 6.07) is 4.16. The monoisotopic (exact) mass is 281 g/mol. The normalized spacial score (nSPS) is 10.4. The van der Waals surface area contributed by atoms with E-state index >= 15 is 0 Å². The van der Waals surface area contributed by atoms with E-state index < -0.39 is 11.7 Å². The molecule has 0 aliphatic heterocycles. The molecule has 0 saturated heterocycles. The van der Waals surface area contributed by atoms with Gasteiger partial charge in [0.2, 0.25) is 0 Å². The second-order valence-electron chi connectivity index (χ2n) is 3.99. The standard InChI is InChI=1S/C13H13ClFN3O/c14-9-3-1-4-10(15)12(9)13(19)18-6-2-5-11-16-7-8-17-11/h1,3-4,7-8H,2,5-6H2,(H,16,17)(H,18,19). The van der Waals surface area contributed by atoms with Gasteiger partial charge in [-0.2, -0.15) is 0 Å². The van der Waals surface area contributed by atoms with Crippen molar-refractivity contribution in [2.45, 2.75) is 12.8 Å². The minimum atomic E-state index is -0.615. The number of halogens is 2. The molecular formula is C13H13ClFN3O. The largest absolute Gasteiger partial charge is 0.352 e. The molecule has 0 aliphatic rings. The lowest BCUT2D eigenvalue weighted by Crippen LogP contribution is -2.26. The molecule has 0 saturated carbocycles.